The number of hydrazine groups is 1. The molecule has 0 N–H and O–H groups in total. The van der Waals surface area contributed by atoms with Gasteiger partial charge in [0.1, 0.15) is 5.57 Å². The number of rotatable bonds is 4. The molecule has 6 aromatic carbocycles. The van der Waals surface area contributed by atoms with Crippen LogP contribution >= 0.6 is 0 Å². The first-order valence-electron chi connectivity index (χ1n) is 19.5. The molecule has 274 valence electrons. The number of fused-ring (bicyclic) bond motifs is 7. The van der Waals surface area contributed by atoms with Gasteiger partial charge < -0.3 is 4.90 Å². The highest BCUT2D eigenvalue weighted by atomic mass is 16.2. The SMILES string of the molecule is CC1(C)/C(=C\C=C2C(=O)N(c3ccccc3)N(c3ccccc3)C2=O)N(c2ccc3c(c2)C(C)(C)c2ccccc2-3)c2cc3c(cc21)-c1ccccc1C3(C)C. The van der Waals surface area contributed by atoms with Crippen LogP contribution in [0.5, 0.6) is 0 Å². The van der Waals surface area contributed by atoms with Crippen LogP contribution in [0.15, 0.2) is 163 Å². The molecule has 56 heavy (non-hydrogen) atoms. The monoisotopic (exact) mass is 729 g/mol. The second-order valence-corrected chi connectivity index (χ2v) is 17.0. The average molecular weight is 730 g/mol. The Balaban J connectivity index is 1.17. The van der Waals surface area contributed by atoms with Crippen molar-refractivity contribution < 1.29 is 9.59 Å². The molecule has 2 amide bonds. The Labute approximate surface area is 328 Å². The molecule has 2 aliphatic carbocycles. The molecule has 10 rings (SSSR count). The van der Waals surface area contributed by atoms with Crippen LogP contribution in [0.4, 0.5) is 22.7 Å². The fraction of sp³-hybridized carbons (Fsp3) is 0.176. The van der Waals surface area contributed by atoms with Crippen molar-refractivity contribution in [2.45, 2.75) is 57.8 Å². The number of para-hydroxylation sites is 2. The number of amides is 2. The molecule has 0 radical (unpaired) electrons. The number of nitrogens with zero attached hydrogens (tertiary/aromatic N) is 3. The topological polar surface area (TPSA) is 43.9 Å². The molecule has 0 atom stereocenters. The van der Waals surface area contributed by atoms with E-state index in [4.69, 9.17) is 0 Å². The van der Waals surface area contributed by atoms with Crippen molar-refractivity contribution in [1.82, 2.24) is 0 Å². The highest BCUT2D eigenvalue weighted by Gasteiger charge is 2.47. The van der Waals surface area contributed by atoms with E-state index < -0.39 is 5.41 Å². The van der Waals surface area contributed by atoms with E-state index in [1.807, 2.05) is 66.7 Å². The fourth-order valence-corrected chi connectivity index (χ4v) is 9.77. The Bertz CT molecular complexity index is 2660. The molecule has 0 spiro atoms. The lowest BCUT2D eigenvalue weighted by Crippen LogP contribution is -2.41. The Kier molecular flexibility index (Phi) is 7.16. The van der Waals surface area contributed by atoms with Gasteiger partial charge in [-0.2, -0.15) is 0 Å². The summed E-state index contributed by atoms with van der Waals surface area (Å²) >= 11 is 0. The molecule has 0 aromatic heterocycles. The van der Waals surface area contributed by atoms with Crippen LogP contribution in [-0.4, -0.2) is 11.8 Å². The van der Waals surface area contributed by atoms with Crippen molar-refractivity contribution in [2.24, 2.45) is 0 Å². The number of hydrogen-bond acceptors (Lipinski definition) is 3. The normalized spacial score (nSPS) is 18.6. The molecule has 6 aromatic rings. The molecule has 0 bridgehead atoms. The predicted octanol–water partition coefficient (Wildman–Crippen LogP) is 11.5. The van der Waals surface area contributed by atoms with E-state index in [0.29, 0.717) is 11.4 Å². The minimum Gasteiger partial charge on any atom is -0.313 e. The summed E-state index contributed by atoms with van der Waals surface area (Å²) in [5.74, 6) is -0.729. The zero-order valence-electron chi connectivity index (χ0n) is 32.6. The summed E-state index contributed by atoms with van der Waals surface area (Å²) in [5, 5.41) is 2.97. The summed E-state index contributed by atoms with van der Waals surface area (Å²) in [5.41, 5.74) is 15.2. The van der Waals surface area contributed by atoms with Crippen molar-refractivity contribution in [3.05, 3.63) is 191 Å². The smallest absolute Gasteiger partial charge is 0.283 e. The fourth-order valence-electron chi connectivity index (χ4n) is 9.77. The predicted molar refractivity (Wildman–Crippen MR) is 227 cm³/mol. The lowest BCUT2D eigenvalue weighted by molar-refractivity contribution is -0.116. The Hall–Kier alpha value is -6.46. The summed E-state index contributed by atoms with van der Waals surface area (Å²) in [6.07, 6.45) is 3.76. The summed E-state index contributed by atoms with van der Waals surface area (Å²) in [4.78, 5) is 31.2. The highest BCUT2D eigenvalue weighted by Crippen LogP contribution is 2.58. The van der Waals surface area contributed by atoms with E-state index >= 15 is 0 Å². The molecule has 2 heterocycles. The molecular weight excluding hydrogens is 687 g/mol. The third kappa shape index (κ3) is 4.60. The van der Waals surface area contributed by atoms with E-state index in [2.05, 4.69) is 125 Å². The van der Waals surface area contributed by atoms with Crippen LogP contribution in [-0.2, 0) is 25.8 Å². The Morgan fingerprint density at radius 3 is 1.46 bits per heavy atom. The number of carbonyl (C=O) groups is 2. The molecule has 1 fully saturated rings. The maximum atomic E-state index is 14.4. The molecule has 2 aliphatic heterocycles. The summed E-state index contributed by atoms with van der Waals surface area (Å²) in [7, 11) is 0. The lowest BCUT2D eigenvalue weighted by atomic mass is 9.79. The Morgan fingerprint density at radius 2 is 0.893 bits per heavy atom. The first kappa shape index (κ1) is 34.1. The second-order valence-electron chi connectivity index (χ2n) is 17.0. The maximum Gasteiger partial charge on any atom is 0.283 e. The van der Waals surface area contributed by atoms with Gasteiger partial charge in [-0.3, -0.25) is 9.59 Å². The van der Waals surface area contributed by atoms with Gasteiger partial charge >= 0.3 is 0 Å². The molecule has 0 unspecified atom stereocenters. The van der Waals surface area contributed by atoms with Crippen molar-refractivity contribution in [3.8, 4) is 22.3 Å². The number of allylic oxidation sites excluding steroid dienone is 3. The number of carbonyl (C=O) groups excluding carboxylic acids is 2. The molecule has 5 heteroatoms. The van der Waals surface area contributed by atoms with Crippen LogP contribution in [0, 0.1) is 0 Å². The summed E-state index contributed by atoms with van der Waals surface area (Å²) < 4.78 is 0. The van der Waals surface area contributed by atoms with Crippen LogP contribution in [0.2, 0.25) is 0 Å². The van der Waals surface area contributed by atoms with Crippen LogP contribution < -0.4 is 14.9 Å². The van der Waals surface area contributed by atoms with Gasteiger partial charge in [-0.15, -0.1) is 0 Å². The molecule has 5 nitrogen and oxygen atoms in total. The number of anilines is 4. The maximum absolute atomic E-state index is 14.4. The van der Waals surface area contributed by atoms with Gasteiger partial charge in [-0.1, -0.05) is 133 Å². The van der Waals surface area contributed by atoms with Gasteiger partial charge in [0.2, 0.25) is 0 Å². The van der Waals surface area contributed by atoms with Gasteiger partial charge in [0.25, 0.3) is 11.8 Å². The van der Waals surface area contributed by atoms with E-state index in [1.54, 1.807) is 6.08 Å². The van der Waals surface area contributed by atoms with Crippen molar-refractivity contribution in [1.29, 1.82) is 0 Å². The summed E-state index contributed by atoms with van der Waals surface area (Å²) in [6, 6.07) is 47.9. The van der Waals surface area contributed by atoms with Gasteiger partial charge in [-0.05, 0) is 111 Å². The van der Waals surface area contributed by atoms with E-state index in [1.165, 1.54) is 60.1 Å². The van der Waals surface area contributed by atoms with Crippen molar-refractivity contribution >= 4 is 34.6 Å². The third-order valence-electron chi connectivity index (χ3n) is 12.8. The molecule has 4 aliphatic rings. The van der Waals surface area contributed by atoms with Crippen LogP contribution in [0.3, 0.4) is 0 Å². The highest BCUT2D eigenvalue weighted by molar-refractivity contribution is 6.36. The quantitative estimate of drug-likeness (QED) is 0.134. The third-order valence-corrected chi connectivity index (χ3v) is 12.8. The number of benzene rings is 6. The first-order chi connectivity index (χ1) is 26.9. The minimum absolute atomic E-state index is 0.111. The molecular formula is C51H43N3O2. The first-order valence-corrected chi connectivity index (χ1v) is 19.5. The van der Waals surface area contributed by atoms with Gasteiger partial charge in [0, 0.05) is 27.6 Å². The van der Waals surface area contributed by atoms with Crippen LogP contribution in [0.1, 0.15) is 69.4 Å². The number of hydrogen-bond donors (Lipinski definition) is 0. The van der Waals surface area contributed by atoms with E-state index in [-0.39, 0.29) is 28.2 Å². The average Bonchev–Trinajstić information content (AvgIpc) is 3.78. The lowest BCUT2D eigenvalue weighted by Gasteiger charge is -2.29. The largest absolute Gasteiger partial charge is 0.313 e. The zero-order chi connectivity index (χ0) is 38.7. The van der Waals surface area contributed by atoms with E-state index in [9.17, 15) is 9.59 Å². The van der Waals surface area contributed by atoms with Crippen molar-refractivity contribution in [2.75, 3.05) is 14.9 Å². The minimum atomic E-state index is -0.483. The van der Waals surface area contributed by atoms with Crippen LogP contribution in [0.25, 0.3) is 22.3 Å². The Morgan fingerprint density at radius 1 is 0.411 bits per heavy atom. The second kappa shape index (κ2) is 11.8. The molecule has 0 saturated carbocycles. The van der Waals surface area contributed by atoms with E-state index in [0.717, 1.165) is 17.1 Å². The van der Waals surface area contributed by atoms with Gasteiger partial charge in [0.05, 0.1) is 17.1 Å². The standard InChI is InChI=1S/C51H43N3O2/c1-49(2)40-23-15-13-21-35(40)37-26-25-34(29-42(37)49)52-45-31-43-39(36-22-14-16-24-41(36)50(43,3)4)30-44(45)51(5,6)46(52)28-27-38-47(55)53(32-17-9-7-10-18-32)54(48(38)56)33-19-11-8-12-20-33/h7-31H,1-6H3/b46-28+. The molecule has 1 saturated heterocycles. The van der Waals surface area contributed by atoms with Gasteiger partial charge in [-0.25, -0.2) is 10.0 Å². The zero-order valence-corrected chi connectivity index (χ0v) is 32.6. The van der Waals surface area contributed by atoms with Gasteiger partial charge in [0.15, 0.2) is 0 Å². The van der Waals surface area contributed by atoms with Crippen molar-refractivity contribution in [3.63, 3.8) is 0 Å². The summed E-state index contributed by atoms with van der Waals surface area (Å²) in [6.45, 7) is 13.8.